The molecule has 1 aromatic heterocycles. The molecule has 0 amide bonds. The highest BCUT2D eigenvalue weighted by Crippen LogP contribution is 2.37. The fourth-order valence-electron chi connectivity index (χ4n) is 2.76. The van der Waals surface area contributed by atoms with E-state index in [-0.39, 0.29) is 0 Å². The topological polar surface area (TPSA) is 29.3 Å². The van der Waals surface area contributed by atoms with Crippen molar-refractivity contribution in [1.29, 1.82) is 0 Å². The minimum absolute atomic E-state index is 0.439. The highest BCUT2D eigenvalue weighted by molar-refractivity contribution is 7.12. The quantitative estimate of drug-likeness (QED) is 0.816. The molecule has 1 heterocycles. The van der Waals surface area contributed by atoms with Crippen LogP contribution < -0.4 is 5.73 Å². The average molecular weight is 266 g/mol. The van der Waals surface area contributed by atoms with Gasteiger partial charge in [0.15, 0.2) is 0 Å². The molecule has 1 saturated carbocycles. The summed E-state index contributed by atoms with van der Waals surface area (Å²) in [6.07, 6.45) is 5.28. The molecule has 18 heavy (non-hydrogen) atoms. The molecular formula is C15H26N2S. The molecule has 0 aliphatic heterocycles. The van der Waals surface area contributed by atoms with E-state index in [0.29, 0.717) is 6.04 Å². The average Bonchev–Trinajstić information content (AvgIpc) is 3.11. The van der Waals surface area contributed by atoms with E-state index in [9.17, 15) is 0 Å². The van der Waals surface area contributed by atoms with Crippen molar-refractivity contribution >= 4 is 11.3 Å². The molecular weight excluding hydrogens is 240 g/mol. The van der Waals surface area contributed by atoms with Crippen molar-refractivity contribution in [3.63, 3.8) is 0 Å². The van der Waals surface area contributed by atoms with Gasteiger partial charge >= 0.3 is 0 Å². The van der Waals surface area contributed by atoms with E-state index in [1.54, 1.807) is 0 Å². The second-order valence-corrected chi connectivity index (χ2v) is 6.90. The van der Waals surface area contributed by atoms with Crippen molar-refractivity contribution in [2.75, 3.05) is 13.1 Å². The van der Waals surface area contributed by atoms with Crippen LogP contribution in [0.15, 0.2) is 6.07 Å². The van der Waals surface area contributed by atoms with Crippen LogP contribution in [0, 0.1) is 13.8 Å². The molecule has 102 valence electrons. The number of unbranched alkanes of at least 4 members (excludes halogenated alkanes) is 1. The maximum Gasteiger partial charge on any atom is 0.0484 e. The summed E-state index contributed by atoms with van der Waals surface area (Å²) in [7, 11) is 0. The fraction of sp³-hybridized carbons (Fsp3) is 0.733. The third-order valence-electron chi connectivity index (χ3n) is 3.85. The van der Waals surface area contributed by atoms with Crippen LogP contribution in [0.3, 0.4) is 0 Å². The summed E-state index contributed by atoms with van der Waals surface area (Å²) in [6, 6.07) is 3.58. The highest BCUT2D eigenvalue weighted by atomic mass is 32.1. The van der Waals surface area contributed by atoms with Gasteiger partial charge in [-0.1, -0.05) is 13.3 Å². The fourth-order valence-corrected chi connectivity index (χ4v) is 3.74. The van der Waals surface area contributed by atoms with Crippen LogP contribution >= 0.6 is 11.3 Å². The summed E-state index contributed by atoms with van der Waals surface area (Å²) in [5, 5.41) is 0. The van der Waals surface area contributed by atoms with Crippen LogP contribution in [0.5, 0.6) is 0 Å². The highest BCUT2D eigenvalue weighted by Gasteiger charge is 2.34. The molecule has 1 atom stereocenters. The van der Waals surface area contributed by atoms with Crippen molar-refractivity contribution in [3.05, 3.63) is 21.4 Å². The standard InChI is InChI=1S/C15H26N2S/c1-4-5-8-17(13-6-7-13)15(10-16)14-9-11(2)18-12(14)3/h9,13,15H,4-8,10,16H2,1-3H3. The molecule has 0 spiro atoms. The Labute approximate surface area is 115 Å². The SMILES string of the molecule is CCCCN(C1CC1)C(CN)c1cc(C)sc1C. The molecule has 1 unspecified atom stereocenters. The van der Waals surface area contributed by atoms with Gasteiger partial charge in [0, 0.05) is 28.4 Å². The van der Waals surface area contributed by atoms with Gasteiger partial charge < -0.3 is 5.73 Å². The van der Waals surface area contributed by atoms with Gasteiger partial charge in [0.2, 0.25) is 0 Å². The van der Waals surface area contributed by atoms with E-state index in [1.807, 2.05) is 11.3 Å². The van der Waals surface area contributed by atoms with Crippen LogP contribution in [0.2, 0.25) is 0 Å². The second kappa shape index (κ2) is 6.18. The summed E-state index contributed by atoms with van der Waals surface area (Å²) in [4.78, 5) is 5.52. The van der Waals surface area contributed by atoms with Crippen LogP contribution in [0.4, 0.5) is 0 Å². The zero-order valence-electron chi connectivity index (χ0n) is 11.9. The normalized spacial score (nSPS) is 17.4. The summed E-state index contributed by atoms with van der Waals surface area (Å²) >= 11 is 1.90. The third-order valence-corrected chi connectivity index (χ3v) is 4.83. The van der Waals surface area contributed by atoms with Crippen LogP contribution in [-0.4, -0.2) is 24.0 Å². The smallest absolute Gasteiger partial charge is 0.0484 e. The Morgan fingerprint density at radius 3 is 2.61 bits per heavy atom. The first-order valence-corrected chi connectivity index (χ1v) is 8.01. The predicted molar refractivity (Wildman–Crippen MR) is 80.2 cm³/mol. The summed E-state index contributed by atoms with van der Waals surface area (Å²) in [5.41, 5.74) is 7.56. The number of nitrogens with two attached hydrogens (primary N) is 1. The molecule has 2 rings (SSSR count). The Bertz CT molecular complexity index is 382. The number of hydrogen-bond acceptors (Lipinski definition) is 3. The van der Waals surface area contributed by atoms with Crippen molar-refractivity contribution in [1.82, 2.24) is 4.90 Å². The number of nitrogens with zero attached hydrogens (tertiary/aromatic N) is 1. The van der Waals surface area contributed by atoms with Gasteiger partial charge in [-0.05, 0) is 51.3 Å². The largest absolute Gasteiger partial charge is 0.329 e. The maximum atomic E-state index is 6.08. The Kier molecular flexibility index (Phi) is 4.82. The van der Waals surface area contributed by atoms with Gasteiger partial charge in [-0.25, -0.2) is 0 Å². The molecule has 1 fully saturated rings. The summed E-state index contributed by atoms with van der Waals surface area (Å²) in [5.74, 6) is 0. The Balaban J connectivity index is 2.16. The second-order valence-electron chi connectivity index (χ2n) is 5.44. The minimum atomic E-state index is 0.439. The van der Waals surface area contributed by atoms with Crippen molar-refractivity contribution in [2.24, 2.45) is 5.73 Å². The van der Waals surface area contributed by atoms with E-state index >= 15 is 0 Å². The molecule has 1 aliphatic rings. The van der Waals surface area contributed by atoms with Gasteiger partial charge in [0.25, 0.3) is 0 Å². The van der Waals surface area contributed by atoms with Crippen molar-refractivity contribution in [2.45, 2.75) is 58.5 Å². The molecule has 1 aliphatic carbocycles. The van der Waals surface area contributed by atoms with Crippen molar-refractivity contribution in [3.8, 4) is 0 Å². The predicted octanol–water partition coefficient (Wildman–Crippen LogP) is 3.63. The zero-order chi connectivity index (χ0) is 13.1. The number of thiophene rings is 1. The van der Waals surface area contributed by atoms with E-state index < -0.39 is 0 Å². The van der Waals surface area contributed by atoms with Gasteiger partial charge in [-0.15, -0.1) is 11.3 Å². The van der Waals surface area contributed by atoms with Gasteiger partial charge in [0.1, 0.15) is 0 Å². The first kappa shape index (κ1) is 14.0. The van der Waals surface area contributed by atoms with Crippen molar-refractivity contribution < 1.29 is 0 Å². The van der Waals surface area contributed by atoms with Crippen LogP contribution in [-0.2, 0) is 0 Å². The molecule has 0 bridgehead atoms. The lowest BCUT2D eigenvalue weighted by molar-refractivity contribution is 0.188. The maximum absolute atomic E-state index is 6.08. The Morgan fingerprint density at radius 2 is 2.17 bits per heavy atom. The molecule has 0 radical (unpaired) electrons. The number of hydrogen-bond donors (Lipinski definition) is 1. The minimum Gasteiger partial charge on any atom is -0.329 e. The number of rotatable bonds is 7. The Hall–Kier alpha value is -0.380. The lowest BCUT2D eigenvalue weighted by Gasteiger charge is -2.31. The molecule has 0 aromatic carbocycles. The summed E-state index contributed by atoms with van der Waals surface area (Å²) < 4.78 is 0. The lowest BCUT2D eigenvalue weighted by Crippen LogP contribution is -2.36. The summed E-state index contributed by atoms with van der Waals surface area (Å²) in [6.45, 7) is 8.65. The van der Waals surface area contributed by atoms with Gasteiger partial charge in [-0.2, -0.15) is 0 Å². The molecule has 0 saturated heterocycles. The molecule has 1 aromatic rings. The zero-order valence-corrected chi connectivity index (χ0v) is 12.7. The number of aryl methyl sites for hydroxylation is 2. The first-order valence-electron chi connectivity index (χ1n) is 7.20. The molecule has 2 nitrogen and oxygen atoms in total. The van der Waals surface area contributed by atoms with Gasteiger partial charge in [-0.3, -0.25) is 4.90 Å². The van der Waals surface area contributed by atoms with E-state index in [2.05, 4.69) is 31.7 Å². The Morgan fingerprint density at radius 1 is 1.44 bits per heavy atom. The molecule has 3 heteroatoms. The lowest BCUT2D eigenvalue weighted by atomic mass is 10.1. The van der Waals surface area contributed by atoms with E-state index in [4.69, 9.17) is 5.73 Å². The molecule has 2 N–H and O–H groups in total. The monoisotopic (exact) mass is 266 g/mol. The van der Waals surface area contributed by atoms with E-state index in [1.165, 1.54) is 47.5 Å². The van der Waals surface area contributed by atoms with Gasteiger partial charge in [0.05, 0.1) is 0 Å². The van der Waals surface area contributed by atoms with Crippen LogP contribution in [0.1, 0.15) is 54.0 Å². The first-order chi connectivity index (χ1) is 8.67. The van der Waals surface area contributed by atoms with E-state index in [0.717, 1.165) is 12.6 Å². The van der Waals surface area contributed by atoms with Crippen LogP contribution in [0.25, 0.3) is 0 Å². The third kappa shape index (κ3) is 3.14.